The highest BCUT2D eigenvalue weighted by Crippen LogP contribution is 2.16. The number of anilines is 1. The predicted molar refractivity (Wildman–Crippen MR) is 56.4 cm³/mol. The Hall–Kier alpha value is -1.56. The van der Waals surface area contributed by atoms with Gasteiger partial charge in [0.05, 0.1) is 18.0 Å². The van der Waals surface area contributed by atoms with Crippen molar-refractivity contribution in [1.29, 1.82) is 0 Å². The second-order valence-electron chi connectivity index (χ2n) is 3.17. The van der Waals surface area contributed by atoms with Crippen LogP contribution < -0.4 is 11.1 Å². The smallest absolute Gasteiger partial charge is 0.271 e. The van der Waals surface area contributed by atoms with E-state index in [4.69, 9.17) is 10.8 Å². The fraction of sp³-hybridized carbons (Fsp3) is 0.556. The van der Waals surface area contributed by atoms with Gasteiger partial charge in [-0.25, -0.2) is 0 Å². The molecule has 1 rings (SSSR count). The van der Waals surface area contributed by atoms with Crippen LogP contribution in [0.4, 0.5) is 5.69 Å². The molecule has 0 aliphatic heterocycles. The first-order valence-electron chi connectivity index (χ1n) is 4.82. The molecule has 0 aliphatic rings. The number of aryl methyl sites for hydroxylation is 2. The minimum atomic E-state index is -0.309. The third-order valence-corrected chi connectivity index (χ3v) is 2.11. The zero-order valence-corrected chi connectivity index (χ0v) is 8.95. The molecule has 0 spiro atoms. The van der Waals surface area contributed by atoms with Crippen molar-refractivity contribution in [3.8, 4) is 0 Å². The molecule has 6 nitrogen and oxygen atoms in total. The SMILES string of the molecule is CCc1nn(C)c(C(=O)NCCO)c1N. The Balaban J connectivity index is 2.93. The normalized spacial score (nSPS) is 10.3. The van der Waals surface area contributed by atoms with Crippen molar-refractivity contribution in [2.24, 2.45) is 7.05 Å². The van der Waals surface area contributed by atoms with Crippen LogP contribution in [0, 0.1) is 0 Å². The van der Waals surface area contributed by atoms with E-state index in [9.17, 15) is 4.79 Å². The maximum Gasteiger partial charge on any atom is 0.271 e. The van der Waals surface area contributed by atoms with Crippen molar-refractivity contribution in [2.75, 3.05) is 18.9 Å². The first kappa shape index (κ1) is 11.5. The number of nitrogens with two attached hydrogens (primary N) is 1. The van der Waals surface area contributed by atoms with Gasteiger partial charge in [0, 0.05) is 13.6 Å². The quantitative estimate of drug-likeness (QED) is 0.614. The van der Waals surface area contributed by atoms with Crippen molar-refractivity contribution in [3.05, 3.63) is 11.4 Å². The van der Waals surface area contributed by atoms with E-state index < -0.39 is 0 Å². The van der Waals surface area contributed by atoms with Gasteiger partial charge in [-0.2, -0.15) is 5.10 Å². The largest absolute Gasteiger partial charge is 0.395 e. The van der Waals surface area contributed by atoms with Crippen molar-refractivity contribution in [3.63, 3.8) is 0 Å². The van der Waals surface area contributed by atoms with Gasteiger partial charge < -0.3 is 16.2 Å². The third-order valence-electron chi connectivity index (χ3n) is 2.11. The number of rotatable bonds is 4. The number of aliphatic hydroxyl groups excluding tert-OH is 1. The highest BCUT2D eigenvalue weighted by molar-refractivity contribution is 5.97. The van der Waals surface area contributed by atoms with Crippen LogP contribution in [0.5, 0.6) is 0 Å². The van der Waals surface area contributed by atoms with E-state index in [2.05, 4.69) is 10.4 Å². The summed E-state index contributed by atoms with van der Waals surface area (Å²) in [6.45, 7) is 2.04. The van der Waals surface area contributed by atoms with E-state index in [1.807, 2.05) is 6.92 Å². The van der Waals surface area contributed by atoms with Gasteiger partial charge in [-0.1, -0.05) is 6.92 Å². The number of nitrogen functional groups attached to an aromatic ring is 1. The topological polar surface area (TPSA) is 93.2 Å². The molecular weight excluding hydrogens is 196 g/mol. The molecule has 0 atom stereocenters. The number of carbonyl (C=O) groups is 1. The molecule has 0 aromatic carbocycles. The number of hydrogen-bond donors (Lipinski definition) is 3. The fourth-order valence-corrected chi connectivity index (χ4v) is 1.38. The van der Waals surface area contributed by atoms with Crippen LogP contribution in [0.2, 0.25) is 0 Å². The van der Waals surface area contributed by atoms with Crippen molar-refractivity contribution in [2.45, 2.75) is 13.3 Å². The Morgan fingerprint density at radius 3 is 2.80 bits per heavy atom. The van der Waals surface area contributed by atoms with Crippen LogP contribution in [0.1, 0.15) is 23.1 Å². The molecule has 1 aromatic rings. The lowest BCUT2D eigenvalue weighted by atomic mass is 10.2. The molecule has 0 aliphatic carbocycles. The minimum Gasteiger partial charge on any atom is -0.395 e. The maximum atomic E-state index is 11.6. The summed E-state index contributed by atoms with van der Waals surface area (Å²) in [5.74, 6) is -0.309. The van der Waals surface area contributed by atoms with Gasteiger partial charge in [0.25, 0.3) is 5.91 Å². The van der Waals surface area contributed by atoms with Crippen LogP contribution >= 0.6 is 0 Å². The van der Waals surface area contributed by atoms with Crippen LogP contribution in [0.3, 0.4) is 0 Å². The molecule has 4 N–H and O–H groups in total. The molecule has 15 heavy (non-hydrogen) atoms. The average Bonchev–Trinajstić information content (AvgIpc) is 2.50. The summed E-state index contributed by atoms with van der Waals surface area (Å²) in [7, 11) is 1.67. The van der Waals surface area contributed by atoms with Crippen molar-refractivity contribution < 1.29 is 9.90 Å². The molecule has 0 fully saturated rings. The highest BCUT2D eigenvalue weighted by atomic mass is 16.3. The summed E-state index contributed by atoms with van der Waals surface area (Å²) in [5.41, 5.74) is 7.26. The highest BCUT2D eigenvalue weighted by Gasteiger charge is 2.18. The number of aliphatic hydroxyl groups is 1. The van der Waals surface area contributed by atoms with Crippen LogP contribution in [0.25, 0.3) is 0 Å². The Kier molecular flexibility index (Phi) is 3.68. The van der Waals surface area contributed by atoms with Gasteiger partial charge >= 0.3 is 0 Å². The van der Waals surface area contributed by atoms with Gasteiger partial charge in [-0.3, -0.25) is 9.48 Å². The van der Waals surface area contributed by atoms with Gasteiger partial charge in [0.2, 0.25) is 0 Å². The molecule has 0 saturated heterocycles. The summed E-state index contributed by atoms with van der Waals surface area (Å²) < 4.78 is 1.46. The molecule has 0 radical (unpaired) electrons. The number of aromatic nitrogens is 2. The number of hydrogen-bond acceptors (Lipinski definition) is 4. The Morgan fingerprint density at radius 1 is 1.67 bits per heavy atom. The number of nitrogens with one attached hydrogen (secondary N) is 1. The van der Waals surface area contributed by atoms with E-state index in [1.165, 1.54) is 4.68 Å². The monoisotopic (exact) mass is 212 g/mol. The molecule has 0 bridgehead atoms. The zero-order chi connectivity index (χ0) is 11.4. The lowest BCUT2D eigenvalue weighted by molar-refractivity contribution is 0.0936. The molecular formula is C9H16N4O2. The second kappa shape index (κ2) is 4.79. The Labute approximate surface area is 88.1 Å². The van der Waals surface area contributed by atoms with E-state index in [0.717, 1.165) is 0 Å². The van der Waals surface area contributed by atoms with Crippen molar-refractivity contribution in [1.82, 2.24) is 15.1 Å². The second-order valence-corrected chi connectivity index (χ2v) is 3.17. The molecule has 0 unspecified atom stereocenters. The summed E-state index contributed by atoms with van der Waals surface area (Å²) >= 11 is 0. The molecule has 1 heterocycles. The lowest BCUT2D eigenvalue weighted by Gasteiger charge is -2.04. The molecule has 1 amide bonds. The third kappa shape index (κ3) is 2.27. The minimum absolute atomic E-state index is 0.0931. The Bertz CT molecular complexity index is 359. The molecule has 84 valence electrons. The number of nitrogens with zero attached hydrogens (tertiary/aromatic N) is 2. The first-order chi connectivity index (χ1) is 7.11. The Morgan fingerprint density at radius 2 is 2.33 bits per heavy atom. The van der Waals surface area contributed by atoms with Gasteiger partial charge in [0.1, 0.15) is 5.69 Å². The molecule has 1 aromatic heterocycles. The van der Waals surface area contributed by atoms with E-state index >= 15 is 0 Å². The summed E-state index contributed by atoms with van der Waals surface area (Å²) in [6, 6.07) is 0. The van der Waals surface area contributed by atoms with E-state index in [-0.39, 0.29) is 19.1 Å². The fourth-order valence-electron chi connectivity index (χ4n) is 1.38. The van der Waals surface area contributed by atoms with Crippen LogP contribution in [-0.2, 0) is 13.5 Å². The van der Waals surface area contributed by atoms with Gasteiger partial charge in [-0.05, 0) is 6.42 Å². The molecule has 6 heteroatoms. The summed E-state index contributed by atoms with van der Waals surface area (Å²) in [6.07, 6.45) is 0.687. The summed E-state index contributed by atoms with van der Waals surface area (Å²) in [5, 5.41) is 15.2. The molecule has 0 saturated carbocycles. The number of carbonyl (C=O) groups excluding carboxylic acids is 1. The lowest BCUT2D eigenvalue weighted by Crippen LogP contribution is -2.28. The maximum absolute atomic E-state index is 11.6. The number of amides is 1. The van der Waals surface area contributed by atoms with E-state index in [1.54, 1.807) is 7.05 Å². The average molecular weight is 212 g/mol. The standard InChI is InChI=1S/C9H16N4O2/c1-3-6-7(10)8(13(2)12-6)9(15)11-4-5-14/h14H,3-5,10H2,1-2H3,(H,11,15). The van der Waals surface area contributed by atoms with Crippen molar-refractivity contribution >= 4 is 11.6 Å². The first-order valence-corrected chi connectivity index (χ1v) is 4.82. The van der Waals surface area contributed by atoms with E-state index in [0.29, 0.717) is 23.5 Å². The zero-order valence-electron chi connectivity index (χ0n) is 8.95. The van der Waals surface area contributed by atoms with Crippen LogP contribution in [-0.4, -0.2) is 33.9 Å². The summed E-state index contributed by atoms with van der Waals surface area (Å²) in [4.78, 5) is 11.6. The van der Waals surface area contributed by atoms with Gasteiger partial charge in [-0.15, -0.1) is 0 Å². The van der Waals surface area contributed by atoms with Crippen LogP contribution in [0.15, 0.2) is 0 Å². The van der Waals surface area contributed by atoms with Gasteiger partial charge in [0.15, 0.2) is 0 Å². The predicted octanol–water partition coefficient (Wildman–Crippen LogP) is -0.713.